The van der Waals surface area contributed by atoms with Gasteiger partial charge in [-0.15, -0.1) is 6.58 Å². The predicted molar refractivity (Wildman–Crippen MR) is 174 cm³/mol. The number of nitrogens with zero attached hydrogens (tertiary/aromatic N) is 2. The summed E-state index contributed by atoms with van der Waals surface area (Å²) >= 11 is 6.26. The number of guanidine groups is 1. The first kappa shape index (κ1) is 32.1. The molecule has 0 aromatic heterocycles. The van der Waals surface area contributed by atoms with Gasteiger partial charge in [0.15, 0.2) is 11.8 Å². The highest BCUT2D eigenvalue weighted by Gasteiger charge is 2.32. The minimum Gasteiger partial charge on any atom is -0.370 e. The van der Waals surface area contributed by atoms with Crippen LogP contribution in [0.1, 0.15) is 61.8 Å². The molecule has 0 saturated carbocycles. The van der Waals surface area contributed by atoms with Crippen molar-refractivity contribution in [2.75, 3.05) is 18.0 Å². The Bertz CT molecular complexity index is 1380. The Morgan fingerprint density at radius 2 is 1.98 bits per heavy atom. The maximum atomic E-state index is 15.1. The lowest BCUT2D eigenvalue weighted by molar-refractivity contribution is 0.244. The second-order valence-electron chi connectivity index (χ2n) is 11.0. The lowest BCUT2D eigenvalue weighted by atomic mass is 10.0. The molecule has 0 fully saturated rings. The highest BCUT2D eigenvalue weighted by atomic mass is 35.5. The third-order valence-electron chi connectivity index (χ3n) is 7.47. The number of aryl methyl sites for hydroxylation is 1. The summed E-state index contributed by atoms with van der Waals surface area (Å²) in [6.07, 6.45) is 10.1. The fraction of sp³-hybridized carbons (Fsp3) is 0.375. The van der Waals surface area contributed by atoms with Gasteiger partial charge >= 0.3 is 6.03 Å². The number of rotatable bonds is 15. The van der Waals surface area contributed by atoms with Gasteiger partial charge in [-0.3, -0.25) is 9.89 Å². The lowest BCUT2D eigenvalue weighted by Crippen LogP contribution is -2.51. The average Bonchev–Trinajstić information content (AvgIpc) is 3.38. The first-order valence-corrected chi connectivity index (χ1v) is 15.1. The van der Waals surface area contributed by atoms with Crippen LogP contribution in [-0.2, 0) is 6.42 Å². The van der Waals surface area contributed by atoms with Crippen molar-refractivity contribution < 1.29 is 9.18 Å². The Labute approximate surface area is 258 Å². The van der Waals surface area contributed by atoms with E-state index in [1.54, 1.807) is 17.2 Å². The van der Waals surface area contributed by atoms with E-state index in [1.165, 1.54) is 0 Å². The van der Waals surface area contributed by atoms with Crippen LogP contribution in [-0.4, -0.2) is 37.3 Å². The summed E-state index contributed by atoms with van der Waals surface area (Å²) in [5, 5.41) is 9.84. The maximum Gasteiger partial charge on any atom is 0.327 e. The Morgan fingerprint density at radius 3 is 2.67 bits per heavy atom. The molecule has 2 aromatic carbocycles. The van der Waals surface area contributed by atoms with Crippen molar-refractivity contribution in [3.8, 4) is 0 Å². The Kier molecular flexibility index (Phi) is 11.2. The lowest BCUT2D eigenvalue weighted by Gasteiger charge is -2.29. The van der Waals surface area contributed by atoms with Crippen LogP contribution in [0.25, 0.3) is 5.70 Å². The van der Waals surface area contributed by atoms with Crippen LogP contribution in [0.15, 0.2) is 71.9 Å². The van der Waals surface area contributed by atoms with Crippen LogP contribution in [0.5, 0.6) is 0 Å². The third kappa shape index (κ3) is 8.59. The van der Waals surface area contributed by atoms with Crippen molar-refractivity contribution in [3.63, 3.8) is 0 Å². The molecular weight excluding hydrogens is 567 g/mol. The molecule has 2 aliphatic rings. The quantitative estimate of drug-likeness (QED) is 0.0741. The van der Waals surface area contributed by atoms with Crippen LogP contribution >= 0.6 is 11.6 Å². The monoisotopic (exact) mass is 608 g/mol. The van der Waals surface area contributed by atoms with E-state index >= 15 is 4.39 Å². The van der Waals surface area contributed by atoms with E-state index in [2.05, 4.69) is 27.5 Å². The van der Waals surface area contributed by atoms with E-state index in [-0.39, 0.29) is 29.1 Å². The topological polar surface area (TPSA) is 147 Å². The summed E-state index contributed by atoms with van der Waals surface area (Å²) in [6.45, 7) is 7.14. The zero-order valence-electron chi connectivity index (χ0n) is 24.6. The molecule has 230 valence electrons. The first-order chi connectivity index (χ1) is 20.7. The largest absolute Gasteiger partial charge is 0.370 e. The molecule has 9 N–H and O–H groups in total. The number of anilines is 1. The second-order valence-corrected chi connectivity index (χ2v) is 11.4. The van der Waals surface area contributed by atoms with E-state index in [9.17, 15) is 4.79 Å². The van der Waals surface area contributed by atoms with E-state index in [0.717, 1.165) is 67.5 Å². The van der Waals surface area contributed by atoms with Crippen molar-refractivity contribution in [3.05, 3.63) is 94.4 Å². The molecule has 9 nitrogen and oxygen atoms in total. The van der Waals surface area contributed by atoms with Gasteiger partial charge in [-0.1, -0.05) is 29.8 Å². The maximum absolute atomic E-state index is 15.1. The number of amides is 2. The third-order valence-corrected chi connectivity index (χ3v) is 7.74. The normalized spacial score (nSPS) is 17.3. The predicted octanol–water partition coefficient (Wildman–Crippen LogP) is 4.79. The summed E-state index contributed by atoms with van der Waals surface area (Å²) in [7, 11) is 0. The minimum atomic E-state index is -0.495. The number of nitrogens with two attached hydrogens (primary N) is 3. The molecule has 2 heterocycles. The molecule has 2 amide bonds. The zero-order valence-corrected chi connectivity index (χ0v) is 25.3. The van der Waals surface area contributed by atoms with E-state index in [1.807, 2.05) is 49.4 Å². The Hall–Kier alpha value is -3.86. The summed E-state index contributed by atoms with van der Waals surface area (Å²) < 4.78 is 15.1. The number of hydrogen-bond acceptors (Lipinski definition) is 5. The van der Waals surface area contributed by atoms with Crippen molar-refractivity contribution >= 4 is 35.0 Å². The first-order valence-electron chi connectivity index (χ1n) is 14.7. The van der Waals surface area contributed by atoms with Crippen LogP contribution in [0.4, 0.5) is 14.9 Å². The fourth-order valence-corrected chi connectivity index (χ4v) is 5.47. The number of fused-ring (bicyclic) bond motifs is 1. The van der Waals surface area contributed by atoms with Gasteiger partial charge in [-0.2, -0.15) is 0 Å². The molecule has 0 radical (unpaired) electrons. The van der Waals surface area contributed by atoms with Gasteiger partial charge in [0.05, 0.1) is 10.7 Å². The molecule has 0 spiro atoms. The SMILES string of the molecule is C=CCCC(NCCCN=C(N)N)c1ccc(N2C=C3C=C(c4cc(CCCC(C)N)cc(Cl)c4F)NC3NC2=O)cc1. The molecular formula is C32H42ClFN8O. The van der Waals surface area contributed by atoms with Gasteiger partial charge in [-0.05, 0) is 93.5 Å². The average molecular weight is 609 g/mol. The Balaban J connectivity index is 1.49. The number of carbonyl (C=O) groups is 1. The number of urea groups is 1. The van der Waals surface area contributed by atoms with Gasteiger partial charge in [0.25, 0.3) is 0 Å². The number of carbonyl (C=O) groups excluding carboxylic acids is 1. The Morgan fingerprint density at radius 1 is 1.21 bits per heavy atom. The zero-order chi connectivity index (χ0) is 30.9. The molecule has 4 rings (SSSR count). The number of nitrogens with one attached hydrogen (secondary N) is 3. The molecule has 0 bridgehead atoms. The number of aliphatic imine (C=N–C) groups is 1. The van der Waals surface area contributed by atoms with Crippen molar-refractivity contribution in [2.45, 2.75) is 63.7 Å². The van der Waals surface area contributed by atoms with Crippen LogP contribution in [0, 0.1) is 5.82 Å². The van der Waals surface area contributed by atoms with E-state index < -0.39 is 12.0 Å². The van der Waals surface area contributed by atoms with Crippen LogP contribution in [0.3, 0.4) is 0 Å². The summed E-state index contributed by atoms with van der Waals surface area (Å²) in [4.78, 5) is 18.7. The fourth-order valence-electron chi connectivity index (χ4n) is 5.23. The summed E-state index contributed by atoms with van der Waals surface area (Å²) in [5.74, 6) is -0.401. The van der Waals surface area contributed by atoms with Gasteiger partial charge in [0.2, 0.25) is 0 Å². The molecule has 3 atom stereocenters. The van der Waals surface area contributed by atoms with E-state index in [4.69, 9.17) is 28.8 Å². The molecule has 2 aromatic rings. The van der Waals surface area contributed by atoms with Crippen molar-refractivity contribution in [1.29, 1.82) is 0 Å². The van der Waals surface area contributed by atoms with E-state index in [0.29, 0.717) is 17.8 Å². The highest BCUT2D eigenvalue weighted by molar-refractivity contribution is 6.31. The highest BCUT2D eigenvalue weighted by Crippen LogP contribution is 2.33. The van der Waals surface area contributed by atoms with Crippen molar-refractivity contribution in [1.82, 2.24) is 16.0 Å². The van der Waals surface area contributed by atoms with Crippen LogP contribution < -0.4 is 38.1 Å². The van der Waals surface area contributed by atoms with Crippen LogP contribution in [0.2, 0.25) is 5.02 Å². The number of benzene rings is 2. The van der Waals surface area contributed by atoms with Gasteiger partial charge in [0.1, 0.15) is 6.17 Å². The van der Waals surface area contributed by atoms with Gasteiger partial charge < -0.3 is 33.2 Å². The summed E-state index contributed by atoms with van der Waals surface area (Å²) in [5.41, 5.74) is 21.2. The number of allylic oxidation sites excluding steroid dienone is 1. The molecule has 11 heteroatoms. The number of hydrogen-bond donors (Lipinski definition) is 6. The molecule has 43 heavy (non-hydrogen) atoms. The molecule has 2 aliphatic heterocycles. The second kappa shape index (κ2) is 15.0. The summed E-state index contributed by atoms with van der Waals surface area (Å²) in [6, 6.07) is 11.3. The smallest absolute Gasteiger partial charge is 0.327 e. The van der Waals surface area contributed by atoms with Gasteiger partial charge in [0, 0.05) is 41.7 Å². The standard InChI is InChI=1S/C32H42ClFN8O/c1-3-4-9-27(38-14-6-15-39-31(36)37)22-10-12-24(13-11-22)42-19-23-18-28(40-30(23)41-32(42)43)25-16-21(8-5-7-20(2)35)17-26(33)29(25)34/h3,10-13,16-20,27,30,38,40H,1,4-9,14-15,35H2,2H3,(H,41,43)(H4,36,37,39). The number of halogens is 2. The molecule has 3 unspecified atom stereocenters. The van der Waals surface area contributed by atoms with Crippen molar-refractivity contribution in [2.24, 2.45) is 22.2 Å². The minimum absolute atomic E-state index is 0.0697. The molecule has 0 saturated heterocycles. The molecule has 0 aliphatic carbocycles. The van der Waals surface area contributed by atoms with Gasteiger partial charge in [-0.25, -0.2) is 9.18 Å².